The van der Waals surface area contributed by atoms with Gasteiger partial charge < -0.3 is 9.47 Å². The van der Waals surface area contributed by atoms with Crippen LogP contribution in [0.25, 0.3) is 0 Å². The second-order valence-corrected chi connectivity index (χ2v) is 2.72. The van der Waals surface area contributed by atoms with E-state index in [0.29, 0.717) is 6.61 Å². The van der Waals surface area contributed by atoms with Gasteiger partial charge in [0.25, 0.3) is 0 Å². The van der Waals surface area contributed by atoms with Gasteiger partial charge in [0.05, 0.1) is 13.7 Å². The first-order valence-electron chi connectivity index (χ1n) is 4.52. The van der Waals surface area contributed by atoms with Crippen LogP contribution < -0.4 is 0 Å². The molecule has 3 nitrogen and oxygen atoms in total. The predicted molar refractivity (Wildman–Crippen MR) is 47.1 cm³/mol. The van der Waals surface area contributed by atoms with Crippen LogP contribution in [-0.4, -0.2) is 19.9 Å². The highest BCUT2D eigenvalue weighted by atomic mass is 16.7. The Hall–Kier alpha value is -0.730. The fourth-order valence-electron chi connectivity index (χ4n) is 0.920. The standard InChI is InChI=1S/C9H18O3/c1-3-4-5-6-7-8-12-9(10)11-2/h3-8H2,1-2H3. The van der Waals surface area contributed by atoms with E-state index in [1.165, 1.54) is 26.4 Å². The van der Waals surface area contributed by atoms with E-state index in [4.69, 9.17) is 4.74 Å². The van der Waals surface area contributed by atoms with Crippen LogP contribution in [-0.2, 0) is 9.47 Å². The van der Waals surface area contributed by atoms with Gasteiger partial charge in [0.2, 0.25) is 0 Å². The van der Waals surface area contributed by atoms with Crippen molar-refractivity contribution >= 4 is 6.16 Å². The number of methoxy groups -OCH3 is 1. The number of carbonyl (C=O) groups excluding carboxylic acids is 1. The first-order valence-corrected chi connectivity index (χ1v) is 4.52. The summed E-state index contributed by atoms with van der Waals surface area (Å²) in [5, 5.41) is 0. The molecule has 0 atom stereocenters. The van der Waals surface area contributed by atoms with Gasteiger partial charge in [-0.3, -0.25) is 0 Å². The average molecular weight is 174 g/mol. The van der Waals surface area contributed by atoms with Crippen molar-refractivity contribution in [3.05, 3.63) is 0 Å². The van der Waals surface area contributed by atoms with E-state index in [1.807, 2.05) is 0 Å². The Balaban J connectivity index is 2.95. The van der Waals surface area contributed by atoms with Crippen LogP contribution in [0.15, 0.2) is 0 Å². The molecule has 0 fully saturated rings. The van der Waals surface area contributed by atoms with Crippen molar-refractivity contribution in [3.8, 4) is 0 Å². The van der Waals surface area contributed by atoms with Crippen LogP contribution >= 0.6 is 0 Å². The zero-order valence-corrected chi connectivity index (χ0v) is 7.97. The summed E-state index contributed by atoms with van der Waals surface area (Å²) < 4.78 is 9.03. The lowest BCUT2D eigenvalue weighted by atomic mass is 10.2. The number of rotatable bonds is 6. The molecule has 0 N–H and O–H groups in total. The quantitative estimate of drug-likeness (QED) is 0.459. The normalized spacial score (nSPS) is 9.50. The molecule has 0 saturated heterocycles. The van der Waals surface area contributed by atoms with E-state index in [1.54, 1.807) is 0 Å². The van der Waals surface area contributed by atoms with Crippen molar-refractivity contribution in [3.63, 3.8) is 0 Å². The Labute approximate surface area is 74.0 Å². The smallest absolute Gasteiger partial charge is 0.438 e. The molecule has 0 saturated carbocycles. The van der Waals surface area contributed by atoms with Gasteiger partial charge in [-0.2, -0.15) is 0 Å². The Kier molecular flexibility index (Phi) is 7.86. The average Bonchev–Trinajstić information content (AvgIpc) is 2.10. The second-order valence-electron chi connectivity index (χ2n) is 2.72. The van der Waals surface area contributed by atoms with Gasteiger partial charge in [-0.1, -0.05) is 32.6 Å². The molecule has 0 bridgehead atoms. The van der Waals surface area contributed by atoms with Gasteiger partial charge in [-0.25, -0.2) is 4.79 Å². The van der Waals surface area contributed by atoms with E-state index >= 15 is 0 Å². The summed E-state index contributed by atoms with van der Waals surface area (Å²) in [4.78, 5) is 10.5. The van der Waals surface area contributed by atoms with Crippen LogP contribution in [0.3, 0.4) is 0 Å². The molecular weight excluding hydrogens is 156 g/mol. The fraction of sp³-hybridized carbons (Fsp3) is 0.889. The Bertz CT molecular complexity index is 112. The third-order valence-corrected chi connectivity index (χ3v) is 1.63. The zero-order chi connectivity index (χ0) is 9.23. The van der Waals surface area contributed by atoms with Crippen molar-refractivity contribution in [1.82, 2.24) is 0 Å². The summed E-state index contributed by atoms with van der Waals surface area (Å²) in [5.74, 6) is 0. The molecule has 72 valence electrons. The number of hydrogen-bond donors (Lipinski definition) is 0. The Morgan fingerprint density at radius 1 is 1.17 bits per heavy atom. The minimum Gasteiger partial charge on any atom is -0.438 e. The zero-order valence-electron chi connectivity index (χ0n) is 7.97. The molecule has 0 unspecified atom stereocenters. The van der Waals surface area contributed by atoms with E-state index in [-0.39, 0.29) is 0 Å². The first kappa shape index (κ1) is 11.3. The maximum atomic E-state index is 10.5. The van der Waals surface area contributed by atoms with E-state index in [9.17, 15) is 4.79 Å². The fourth-order valence-corrected chi connectivity index (χ4v) is 0.920. The summed E-state index contributed by atoms with van der Waals surface area (Å²) in [7, 11) is 1.32. The molecule has 0 heterocycles. The third-order valence-electron chi connectivity index (χ3n) is 1.63. The van der Waals surface area contributed by atoms with Gasteiger partial charge >= 0.3 is 6.16 Å². The lowest BCUT2D eigenvalue weighted by Gasteiger charge is -2.01. The molecule has 0 radical (unpaired) electrons. The lowest BCUT2D eigenvalue weighted by Crippen LogP contribution is -2.05. The van der Waals surface area contributed by atoms with Crippen molar-refractivity contribution in [2.75, 3.05) is 13.7 Å². The van der Waals surface area contributed by atoms with Gasteiger partial charge in [0.1, 0.15) is 0 Å². The molecule has 0 aromatic carbocycles. The molecule has 0 aliphatic heterocycles. The maximum absolute atomic E-state index is 10.5. The number of carbonyl (C=O) groups is 1. The Morgan fingerprint density at radius 3 is 2.42 bits per heavy atom. The summed E-state index contributed by atoms with van der Waals surface area (Å²) in [6.07, 6.45) is 5.21. The highest BCUT2D eigenvalue weighted by molar-refractivity contribution is 5.59. The van der Waals surface area contributed by atoms with E-state index < -0.39 is 6.16 Å². The molecule has 0 aliphatic rings. The minimum absolute atomic E-state index is 0.483. The van der Waals surface area contributed by atoms with Crippen molar-refractivity contribution in [2.45, 2.75) is 39.0 Å². The van der Waals surface area contributed by atoms with Crippen LogP contribution in [0.2, 0.25) is 0 Å². The minimum atomic E-state index is -0.578. The summed E-state index contributed by atoms with van der Waals surface area (Å²) in [6.45, 7) is 2.65. The molecule has 0 amide bonds. The second kappa shape index (κ2) is 8.37. The van der Waals surface area contributed by atoms with Crippen molar-refractivity contribution < 1.29 is 14.3 Å². The summed E-state index contributed by atoms with van der Waals surface area (Å²) in [6, 6.07) is 0. The molecular formula is C9H18O3. The first-order chi connectivity index (χ1) is 5.81. The van der Waals surface area contributed by atoms with Crippen molar-refractivity contribution in [2.24, 2.45) is 0 Å². The molecule has 0 aromatic rings. The maximum Gasteiger partial charge on any atom is 0.507 e. The lowest BCUT2D eigenvalue weighted by molar-refractivity contribution is 0.0713. The highest BCUT2D eigenvalue weighted by Crippen LogP contribution is 2.02. The van der Waals surface area contributed by atoms with Gasteiger partial charge in [-0.05, 0) is 6.42 Å². The van der Waals surface area contributed by atoms with E-state index in [2.05, 4.69) is 11.7 Å². The molecule has 0 aliphatic carbocycles. The van der Waals surface area contributed by atoms with Gasteiger partial charge in [0, 0.05) is 0 Å². The molecule has 0 aromatic heterocycles. The summed E-state index contributed by atoms with van der Waals surface area (Å²) >= 11 is 0. The molecule has 12 heavy (non-hydrogen) atoms. The predicted octanol–water partition coefficient (Wildman–Crippen LogP) is 2.74. The SMILES string of the molecule is CCCCCCCOC(=O)OC. The van der Waals surface area contributed by atoms with E-state index in [0.717, 1.165) is 12.8 Å². The molecule has 3 heteroatoms. The Morgan fingerprint density at radius 2 is 1.83 bits per heavy atom. The van der Waals surface area contributed by atoms with Gasteiger partial charge in [-0.15, -0.1) is 0 Å². The monoisotopic (exact) mass is 174 g/mol. The summed E-state index contributed by atoms with van der Waals surface area (Å²) in [5.41, 5.74) is 0. The topological polar surface area (TPSA) is 35.5 Å². The van der Waals surface area contributed by atoms with Crippen LogP contribution in [0.1, 0.15) is 39.0 Å². The third kappa shape index (κ3) is 7.38. The highest BCUT2D eigenvalue weighted by Gasteiger charge is 1.98. The van der Waals surface area contributed by atoms with Crippen LogP contribution in [0.4, 0.5) is 4.79 Å². The largest absolute Gasteiger partial charge is 0.507 e. The molecule has 0 spiro atoms. The molecule has 0 rings (SSSR count). The van der Waals surface area contributed by atoms with Crippen LogP contribution in [0.5, 0.6) is 0 Å². The number of hydrogen-bond acceptors (Lipinski definition) is 3. The number of ether oxygens (including phenoxy) is 2. The van der Waals surface area contributed by atoms with Crippen molar-refractivity contribution in [1.29, 1.82) is 0 Å². The number of unbranched alkanes of at least 4 members (excludes halogenated alkanes) is 4. The van der Waals surface area contributed by atoms with Crippen LogP contribution in [0, 0.1) is 0 Å². The van der Waals surface area contributed by atoms with Gasteiger partial charge in [0.15, 0.2) is 0 Å².